The molecule has 15 heavy (non-hydrogen) atoms. The van der Waals surface area contributed by atoms with Crippen LogP contribution in [0.3, 0.4) is 0 Å². The van der Waals surface area contributed by atoms with E-state index in [2.05, 4.69) is 37.0 Å². The number of rotatable bonds is 2. The number of fused-ring (bicyclic) bond motifs is 1. The van der Waals surface area contributed by atoms with Gasteiger partial charge in [-0.15, -0.1) is 11.8 Å². The minimum absolute atomic E-state index is 0.993. The van der Waals surface area contributed by atoms with Gasteiger partial charge in [0.2, 0.25) is 0 Å². The highest BCUT2D eigenvalue weighted by atomic mass is 32.2. The van der Waals surface area contributed by atoms with Crippen LogP contribution in [0.15, 0.2) is 24.3 Å². The number of aryl methyl sites for hydroxylation is 1. The predicted octanol–water partition coefficient (Wildman–Crippen LogP) is 3.90. The fraction of sp³-hybridized carbons (Fsp3) is 0.250. The number of aromatic nitrogens is 1. The summed E-state index contributed by atoms with van der Waals surface area (Å²) >= 11 is 7.16. The van der Waals surface area contributed by atoms with E-state index in [1.165, 1.54) is 22.2 Å². The van der Waals surface area contributed by atoms with E-state index in [0.717, 1.165) is 9.95 Å². The van der Waals surface area contributed by atoms with Crippen LogP contribution in [0.2, 0.25) is 0 Å². The highest BCUT2D eigenvalue weighted by Crippen LogP contribution is 2.26. The van der Waals surface area contributed by atoms with Crippen molar-refractivity contribution in [2.24, 2.45) is 0 Å². The molecule has 0 radical (unpaired) electrons. The summed E-state index contributed by atoms with van der Waals surface area (Å²) in [6.07, 6.45) is 0. The molecule has 0 saturated carbocycles. The molecule has 0 bridgehead atoms. The van der Waals surface area contributed by atoms with Gasteiger partial charge in [0, 0.05) is 22.2 Å². The molecule has 0 spiro atoms. The van der Waals surface area contributed by atoms with Crippen molar-refractivity contribution in [1.29, 1.82) is 0 Å². The summed E-state index contributed by atoms with van der Waals surface area (Å²) < 4.78 is 0.993. The lowest BCUT2D eigenvalue weighted by Gasteiger charge is -2.01. The van der Waals surface area contributed by atoms with Gasteiger partial charge in [-0.05, 0) is 18.7 Å². The van der Waals surface area contributed by atoms with E-state index < -0.39 is 0 Å². The normalized spacial score (nSPS) is 10.8. The molecule has 1 nitrogen and oxygen atoms in total. The lowest BCUT2D eigenvalue weighted by Crippen LogP contribution is -1.93. The van der Waals surface area contributed by atoms with Crippen molar-refractivity contribution in [3.63, 3.8) is 0 Å². The lowest BCUT2D eigenvalue weighted by atomic mass is 10.1. The fourth-order valence-electron chi connectivity index (χ4n) is 1.74. The van der Waals surface area contributed by atoms with Crippen LogP contribution in [-0.2, 0) is 0 Å². The highest BCUT2D eigenvalue weighted by Gasteiger charge is 2.11. The third-order valence-electron chi connectivity index (χ3n) is 2.37. The van der Waals surface area contributed by atoms with Crippen molar-refractivity contribution in [1.82, 2.24) is 4.98 Å². The van der Waals surface area contributed by atoms with E-state index >= 15 is 0 Å². The summed E-state index contributed by atoms with van der Waals surface area (Å²) in [6, 6.07) is 8.30. The zero-order valence-corrected chi connectivity index (χ0v) is 10.5. The average molecular weight is 235 g/mol. The Kier molecular flexibility index (Phi) is 3.12. The van der Waals surface area contributed by atoms with Gasteiger partial charge in [-0.2, -0.15) is 0 Å². The van der Waals surface area contributed by atoms with E-state index in [1.807, 2.05) is 6.07 Å². The van der Waals surface area contributed by atoms with E-state index in [9.17, 15) is 0 Å². The summed E-state index contributed by atoms with van der Waals surface area (Å²) in [4.78, 5) is 3.37. The largest absolute Gasteiger partial charge is 0.358 e. The average Bonchev–Trinajstić information content (AvgIpc) is 2.54. The molecule has 2 aromatic rings. The number of benzene rings is 1. The maximum Gasteiger partial charge on any atom is 0.0802 e. The second kappa shape index (κ2) is 4.37. The van der Waals surface area contributed by atoms with Crippen molar-refractivity contribution in [3.8, 4) is 0 Å². The van der Waals surface area contributed by atoms with Crippen LogP contribution in [0.25, 0.3) is 10.9 Å². The molecule has 2 rings (SSSR count). The Balaban J connectivity index is 2.58. The molecule has 1 heterocycles. The van der Waals surface area contributed by atoms with Crippen molar-refractivity contribution >= 4 is 39.1 Å². The third kappa shape index (κ3) is 1.94. The molecular formula is C12H13NS2. The molecule has 0 amide bonds. The first-order valence-electron chi connectivity index (χ1n) is 4.98. The first-order chi connectivity index (χ1) is 7.24. The molecule has 1 N–H and O–H groups in total. The first kappa shape index (κ1) is 10.7. The van der Waals surface area contributed by atoms with Crippen LogP contribution in [0.1, 0.15) is 18.2 Å². The first-order valence-corrected chi connectivity index (χ1v) is 6.38. The Morgan fingerprint density at radius 2 is 2.13 bits per heavy atom. The summed E-state index contributed by atoms with van der Waals surface area (Å²) in [5.41, 5.74) is 3.54. The Hall–Kier alpha value is -0.800. The van der Waals surface area contributed by atoms with Crippen molar-refractivity contribution < 1.29 is 0 Å². The summed E-state index contributed by atoms with van der Waals surface area (Å²) in [5, 5.41) is 1.24. The quantitative estimate of drug-likeness (QED) is 0.794. The van der Waals surface area contributed by atoms with Crippen LogP contribution in [0, 0.1) is 6.92 Å². The molecule has 0 aliphatic heterocycles. The number of aromatic amines is 1. The van der Waals surface area contributed by atoms with E-state index in [1.54, 1.807) is 11.8 Å². The molecule has 0 aliphatic rings. The smallest absolute Gasteiger partial charge is 0.0802 e. The molecule has 1 aromatic heterocycles. The van der Waals surface area contributed by atoms with Gasteiger partial charge in [0.25, 0.3) is 0 Å². The van der Waals surface area contributed by atoms with Crippen LogP contribution in [-0.4, -0.2) is 14.9 Å². The zero-order valence-electron chi connectivity index (χ0n) is 8.83. The van der Waals surface area contributed by atoms with Gasteiger partial charge >= 0.3 is 0 Å². The van der Waals surface area contributed by atoms with E-state index in [4.69, 9.17) is 12.2 Å². The summed E-state index contributed by atoms with van der Waals surface area (Å²) in [5.74, 6) is 1.03. The molecule has 0 saturated heterocycles. The fourth-order valence-corrected chi connectivity index (χ4v) is 3.03. The van der Waals surface area contributed by atoms with Gasteiger partial charge in [0.05, 0.1) is 4.20 Å². The standard InChI is InChI=1S/C12H13NS2/c1-3-15-12(14)11-8(2)13-10-7-5-4-6-9(10)11/h4-7,13H,3H2,1-2H3. The molecular weight excluding hydrogens is 222 g/mol. The topological polar surface area (TPSA) is 15.8 Å². The SMILES string of the molecule is CCSC(=S)c1c(C)[nH]c2ccccc12. The van der Waals surface area contributed by atoms with Gasteiger partial charge in [-0.1, -0.05) is 37.3 Å². The van der Waals surface area contributed by atoms with Gasteiger partial charge in [0.15, 0.2) is 0 Å². The number of hydrogen-bond acceptors (Lipinski definition) is 2. The number of thiocarbonyl (C=S) groups is 1. The van der Waals surface area contributed by atoms with Crippen LogP contribution in [0.5, 0.6) is 0 Å². The second-order valence-corrected chi connectivity index (χ2v) is 5.33. The third-order valence-corrected chi connectivity index (χ3v) is 3.69. The molecule has 1 aromatic carbocycles. The number of hydrogen-bond donors (Lipinski definition) is 1. The molecule has 0 unspecified atom stereocenters. The summed E-state index contributed by atoms with van der Waals surface area (Å²) in [6.45, 7) is 4.21. The molecule has 78 valence electrons. The summed E-state index contributed by atoms with van der Waals surface area (Å²) in [7, 11) is 0. The molecule has 3 heteroatoms. The minimum atomic E-state index is 0.993. The van der Waals surface area contributed by atoms with Crippen LogP contribution < -0.4 is 0 Å². The Morgan fingerprint density at radius 3 is 2.87 bits per heavy atom. The lowest BCUT2D eigenvalue weighted by molar-refractivity contribution is 1.29. The number of nitrogens with one attached hydrogen (secondary N) is 1. The van der Waals surface area contributed by atoms with Gasteiger partial charge in [-0.25, -0.2) is 0 Å². The number of para-hydroxylation sites is 1. The van der Waals surface area contributed by atoms with Crippen molar-refractivity contribution in [3.05, 3.63) is 35.5 Å². The van der Waals surface area contributed by atoms with Crippen LogP contribution in [0.4, 0.5) is 0 Å². The van der Waals surface area contributed by atoms with Gasteiger partial charge in [0.1, 0.15) is 0 Å². The zero-order chi connectivity index (χ0) is 10.8. The van der Waals surface area contributed by atoms with Gasteiger partial charge < -0.3 is 4.98 Å². The Morgan fingerprint density at radius 1 is 1.40 bits per heavy atom. The Bertz CT molecular complexity index is 499. The molecule has 0 aliphatic carbocycles. The van der Waals surface area contributed by atoms with Crippen molar-refractivity contribution in [2.75, 3.05) is 5.75 Å². The van der Waals surface area contributed by atoms with Crippen molar-refractivity contribution in [2.45, 2.75) is 13.8 Å². The maximum absolute atomic E-state index is 5.43. The highest BCUT2D eigenvalue weighted by molar-refractivity contribution is 8.23. The number of thioether (sulfide) groups is 1. The number of H-pyrrole nitrogens is 1. The minimum Gasteiger partial charge on any atom is -0.358 e. The second-order valence-electron chi connectivity index (χ2n) is 3.39. The maximum atomic E-state index is 5.43. The van der Waals surface area contributed by atoms with E-state index in [0.29, 0.717) is 0 Å². The molecule has 0 atom stereocenters. The van der Waals surface area contributed by atoms with E-state index in [-0.39, 0.29) is 0 Å². The van der Waals surface area contributed by atoms with Crippen LogP contribution >= 0.6 is 24.0 Å². The predicted molar refractivity (Wildman–Crippen MR) is 72.9 cm³/mol. The molecule has 0 fully saturated rings. The van der Waals surface area contributed by atoms with Gasteiger partial charge in [-0.3, -0.25) is 0 Å². The monoisotopic (exact) mass is 235 g/mol. The Labute approximate surface area is 99.3 Å².